The molecule has 0 atom stereocenters. The zero-order chi connectivity index (χ0) is 19.0. The molecule has 25 heavy (non-hydrogen) atoms. The number of nitrogens with one attached hydrogen (secondary N) is 2. The number of carbonyl (C=O) groups excluding carboxylic acids is 2. The molecule has 140 valence electrons. The van der Waals surface area contributed by atoms with Crippen LogP contribution in [0.5, 0.6) is 0 Å². The quantitative estimate of drug-likeness (QED) is 0.518. The maximum absolute atomic E-state index is 12.3. The first-order valence-corrected chi connectivity index (χ1v) is 9.66. The van der Waals surface area contributed by atoms with Crippen LogP contribution in [0.15, 0.2) is 0 Å². The smallest absolute Gasteiger partial charge is 0.348 e. The first-order chi connectivity index (χ1) is 11.9. The van der Waals surface area contributed by atoms with E-state index in [1.54, 1.807) is 20.8 Å². The van der Waals surface area contributed by atoms with E-state index in [2.05, 4.69) is 24.5 Å². The summed E-state index contributed by atoms with van der Waals surface area (Å²) in [6.45, 7) is 9.84. The van der Waals surface area contributed by atoms with E-state index in [1.807, 2.05) is 0 Å². The lowest BCUT2D eigenvalue weighted by Gasteiger charge is -2.17. The Hall–Kier alpha value is -1.67. The van der Waals surface area contributed by atoms with Gasteiger partial charge in [-0.2, -0.15) is 0 Å². The molecule has 0 aromatic carbocycles. The van der Waals surface area contributed by atoms with Gasteiger partial charge >= 0.3 is 11.9 Å². The van der Waals surface area contributed by atoms with Gasteiger partial charge in [-0.1, -0.05) is 13.8 Å². The van der Waals surface area contributed by atoms with E-state index >= 15 is 0 Å². The van der Waals surface area contributed by atoms with Crippen molar-refractivity contribution in [2.75, 3.05) is 18.5 Å². The first-order valence-electron chi connectivity index (χ1n) is 8.44. The second-order valence-corrected chi connectivity index (χ2v) is 6.74. The fraction of sp³-hybridized carbons (Fsp3) is 0.588. The van der Waals surface area contributed by atoms with Crippen LogP contribution >= 0.6 is 23.6 Å². The molecule has 0 spiro atoms. The van der Waals surface area contributed by atoms with Crippen LogP contribution in [-0.2, 0) is 9.47 Å². The molecule has 6 nitrogen and oxygen atoms in total. The third-order valence-corrected chi connectivity index (χ3v) is 5.04. The molecule has 0 amide bonds. The van der Waals surface area contributed by atoms with Crippen molar-refractivity contribution in [3.8, 4) is 0 Å². The number of hydrogen-bond donors (Lipinski definition) is 2. The van der Waals surface area contributed by atoms with E-state index in [-0.39, 0.29) is 19.3 Å². The van der Waals surface area contributed by atoms with Gasteiger partial charge in [0, 0.05) is 6.04 Å². The Balaban J connectivity index is 3.14. The third-order valence-electron chi connectivity index (χ3n) is 3.64. The summed E-state index contributed by atoms with van der Waals surface area (Å²) in [7, 11) is 0. The Morgan fingerprint density at radius 3 is 2.16 bits per heavy atom. The predicted octanol–water partition coefficient (Wildman–Crippen LogP) is 3.88. The van der Waals surface area contributed by atoms with Crippen molar-refractivity contribution in [1.29, 1.82) is 0 Å². The summed E-state index contributed by atoms with van der Waals surface area (Å²) in [5.41, 5.74) is 0.860. The summed E-state index contributed by atoms with van der Waals surface area (Å²) in [6, 6.07) is 0.247. The maximum Gasteiger partial charge on any atom is 0.348 e. The number of hydrogen-bond acceptors (Lipinski definition) is 6. The number of esters is 2. The Morgan fingerprint density at radius 2 is 1.64 bits per heavy atom. The van der Waals surface area contributed by atoms with E-state index in [9.17, 15) is 9.59 Å². The molecule has 0 aliphatic heterocycles. The van der Waals surface area contributed by atoms with Gasteiger partial charge in [0.25, 0.3) is 0 Å². The molecule has 0 bridgehead atoms. The SMILES string of the molecule is CCOC(=O)c1sc(NC(=S)NC(CC)CC)c(C(=O)OCC)c1C. The van der Waals surface area contributed by atoms with Gasteiger partial charge in [0.2, 0.25) is 0 Å². The van der Waals surface area contributed by atoms with Crippen LogP contribution in [-0.4, -0.2) is 36.3 Å². The number of thiocarbonyl (C=S) groups is 1. The third kappa shape index (κ3) is 5.67. The number of rotatable bonds is 8. The minimum absolute atomic E-state index is 0.247. The number of ether oxygens (including phenoxy) is 2. The van der Waals surface area contributed by atoms with Crippen LogP contribution in [0.2, 0.25) is 0 Å². The van der Waals surface area contributed by atoms with Crippen molar-refractivity contribution < 1.29 is 19.1 Å². The Bertz CT molecular complexity index is 624. The van der Waals surface area contributed by atoms with Crippen LogP contribution < -0.4 is 10.6 Å². The average Bonchev–Trinajstić information content (AvgIpc) is 2.89. The van der Waals surface area contributed by atoms with Crippen LogP contribution in [0, 0.1) is 6.92 Å². The fourth-order valence-corrected chi connectivity index (χ4v) is 3.69. The summed E-state index contributed by atoms with van der Waals surface area (Å²) < 4.78 is 10.2. The second-order valence-electron chi connectivity index (χ2n) is 5.31. The zero-order valence-electron chi connectivity index (χ0n) is 15.4. The van der Waals surface area contributed by atoms with Crippen molar-refractivity contribution in [3.63, 3.8) is 0 Å². The summed E-state index contributed by atoms with van der Waals surface area (Å²) in [4.78, 5) is 24.8. The summed E-state index contributed by atoms with van der Waals surface area (Å²) in [5, 5.41) is 7.14. The van der Waals surface area contributed by atoms with Gasteiger partial charge < -0.3 is 20.1 Å². The Morgan fingerprint density at radius 1 is 1.08 bits per heavy atom. The largest absolute Gasteiger partial charge is 0.462 e. The molecule has 0 aliphatic carbocycles. The number of thiophene rings is 1. The molecular formula is C17H26N2O4S2. The zero-order valence-corrected chi connectivity index (χ0v) is 17.0. The average molecular weight is 387 g/mol. The van der Waals surface area contributed by atoms with Crippen molar-refractivity contribution in [2.24, 2.45) is 0 Å². The van der Waals surface area contributed by atoms with Gasteiger partial charge in [0.05, 0.1) is 18.8 Å². The van der Waals surface area contributed by atoms with Gasteiger partial charge in [0.1, 0.15) is 9.88 Å². The van der Waals surface area contributed by atoms with Gasteiger partial charge in [-0.05, 0) is 51.4 Å². The molecule has 0 unspecified atom stereocenters. The highest BCUT2D eigenvalue weighted by atomic mass is 32.1. The summed E-state index contributed by atoms with van der Waals surface area (Å²) in [6.07, 6.45) is 1.86. The molecule has 1 aromatic rings. The summed E-state index contributed by atoms with van der Waals surface area (Å²) >= 11 is 6.49. The van der Waals surface area contributed by atoms with Crippen molar-refractivity contribution in [1.82, 2.24) is 5.32 Å². The molecule has 0 radical (unpaired) electrons. The standard InChI is InChI=1S/C17H26N2O4S2/c1-6-11(7-2)18-17(24)19-14-12(15(20)22-8-3)10(5)13(25-14)16(21)23-9-4/h11H,6-9H2,1-5H3,(H2,18,19,24). The second kappa shape index (κ2) is 10.4. The summed E-state index contributed by atoms with van der Waals surface area (Å²) in [5.74, 6) is -0.942. The van der Waals surface area contributed by atoms with E-state index in [1.165, 1.54) is 0 Å². The molecule has 8 heteroatoms. The lowest BCUT2D eigenvalue weighted by atomic mass is 10.1. The molecule has 1 aromatic heterocycles. The molecule has 0 saturated carbocycles. The Kier molecular flexibility index (Phi) is 8.85. The highest BCUT2D eigenvalue weighted by Gasteiger charge is 2.27. The lowest BCUT2D eigenvalue weighted by Crippen LogP contribution is -2.37. The van der Waals surface area contributed by atoms with Gasteiger partial charge in [0.15, 0.2) is 5.11 Å². The molecule has 1 rings (SSSR count). The van der Waals surface area contributed by atoms with Crippen molar-refractivity contribution >= 4 is 45.6 Å². The normalized spacial score (nSPS) is 10.5. The minimum atomic E-state index is -0.486. The van der Waals surface area contributed by atoms with Gasteiger partial charge in [-0.15, -0.1) is 11.3 Å². The highest BCUT2D eigenvalue weighted by molar-refractivity contribution is 7.80. The lowest BCUT2D eigenvalue weighted by molar-refractivity contribution is 0.0527. The molecule has 2 N–H and O–H groups in total. The van der Waals surface area contributed by atoms with E-state index in [0.29, 0.717) is 26.1 Å². The topological polar surface area (TPSA) is 76.7 Å². The molecule has 1 heterocycles. The Labute approximate surface area is 158 Å². The van der Waals surface area contributed by atoms with E-state index in [4.69, 9.17) is 21.7 Å². The highest BCUT2D eigenvalue weighted by Crippen LogP contribution is 2.34. The predicted molar refractivity (Wildman–Crippen MR) is 105 cm³/mol. The van der Waals surface area contributed by atoms with Crippen LogP contribution in [0.1, 0.15) is 66.1 Å². The fourth-order valence-electron chi connectivity index (χ4n) is 2.26. The molecule has 0 aliphatic rings. The van der Waals surface area contributed by atoms with Crippen molar-refractivity contribution in [3.05, 3.63) is 16.0 Å². The monoisotopic (exact) mass is 386 g/mol. The van der Waals surface area contributed by atoms with E-state index in [0.717, 1.165) is 24.2 Å². The first kappa shape index (κ1) is 21.4. The van der Waals surface area contributed by atoms with Crippen molar-refractivity contribution in [2.45, 2.75) is 53.5 Å². The molecular weight excluding hydrogens is 360 g/mol. The number of anilines is 1. The molecule has 0 fully saturated rings. The molecule has 0 saturated heterocycles. The number of carbonyl (C=O) groups is 2. The van der Waals surface area contributed by atoms with Crippen LogP contribution in [0.4, 0.5) is 5.00 Å². The van der Waals surface area contributed by atoms with Crippen LogP contribution in [0.3, 0.4) is 0 Å². The minimum Gasteiger partial charge on any atom is -0.462 e. The maximum atomic E-state index is 12.3. The van der Waals surface area contributed by atoms with Crippen LogP contribution in [0.25, 0.3) is 0 Å². The van der Waals surface area contributed by atoms with E-state index < -0.39 is 11.9 Å². The van der Waals surface area contributed by atoms with Gasteiger partial charge in [-0.3, -0.25) is 0 Å². The van der Waals surface area contributed by atoms with Gasteiger partial charge in [-0.25, -0.2) is 9.59 Å².